The van der Waals surface area contributed by atoms with Crippen molar-refractivity contribution in [1.29, 1.82) is 5.41 Å². The van der Waals surface area contributed by atoms with Gasteiger partial charge in [0.2, 0.25) is 0 Å². The summed E-state index contributed by atoms with van der Waals surface area (Å²) in [6.07, 6.45) is 0.105. The largest absolute Gasteiger partial charge is 0.466 e. The number of nitrogens with two attached hydrogens (primary N) is 1. The van der Waals surface area contributed by atoms with Crippen molar-refractivity contribution in [1.82, 2.24) is 9.97 Å². The van der Waals surface area contributed by atoms with Gasteiger partial charge in [-0.05, 0) is 68.8 Å². The van der Waals surface area contributed by atoms with Gasteiger partial charge in [0.1, 0.15) is 17.4 Å². The summed E-state index contributed by atoms with van der Waals surface area (Å²) in [5.74, 6) is 0.855. The topological polar surface area (TPSA) is 146 Å². The highest BCUT2D eigenvalue weighted by Crippen LogP contribution is 2.27. The van der Waals surface area contributed by atoms with Gasteiger partial charge in [-0.25, -0.2) is 9.78 Å². The number of aryl methyl sites for hydroxylation is 1. The number of nitrogens with one attached hydrogen (secondary N) is 3. The van der Waals surface area contributed by atoms with Crippen molar-refractivity contribution in [2.24, 2.45) is 5.73 Å². The second-order valence-electron chi connectivity index (χ2n) is 8.88. The molecule has 1 amide bonds. The molecule has 39 heavy (non-hydrogen) atoms. The number of H-pyrrole nitrogens is 1. The number of aromatic amines is 1. The summed E-state index contributed by atoms with van der Waals surface area (Å²) in [6.45, 7) is 4.69. The first kappa shape index (κ1) is 27.2. The highest BCUT2D eigenvalue weighted by Gasteiger charge is 2.20. The minimum Gasteiger partial charge on any atom is -0.466 e. The molecule has 10 nitrogen and oxygen atoms in total. The van der Waals surface area contributed by atoms with Gasteiger partial charge in [0.05, 0.1) is 24.2 Å². The number of esters is 1. The Morgan fingerprint density at radius 1 is 1.08 bits per heavy atom. The molecule has 1 aromatic heterocycles. The van der Waals surface area contributed by atoms with E-state index in [0.717, 1.165) is 22.6 Å². The lowest BCUT2D eigenvalue weighted by molar-refractivity contribution is -0.143. The number of benzene rings is 3. The molecular formula is C29H32N6O4. The van der Waals surface area contributed by atoms with Gasteiger partial charge in [0.25, 0.3) is 0 Å². The molecule has 10 heteroatoms. The van der Waals surface area contributed by atoms with E-state index in [1.807, 2.05) is 55.5 Å². The smallest absolute Gasteiger partial charge is 0.419 e. The molecule has 0 bridgehead atoms. The van der Waals surface area contributed by atoms with E-state index in [0.29, 0.717) is 48.6 Å². The number of nitrogens with zero attached hydrogens (tertiary/aromatic N) is 2. The molecule has 1 heterocycles. The van der Waals surface area contributed by atoms with E-state index in [4.69, 9.17) is 25.6 Å². The quantitative estimate of drug-likeness (QED) is 0.120. The minimum absolute atomic E-state index is 0.0226. The zero-order valence-corrected chi connectivity index (χ0v) is 22.0. The Kier molecular flexibility index (Phi) is 8.78. The van der Waals surface area contributed by atoms with E-state index in [-0.39, 0.29) is 18.2 Å². The standard InChI is InChI=1S/C29H32N6O4/c1-3-38-26(36)10-7-17-35(22-8-5-4-6-9-22)29(37)39-24-16-15-23-27(19(24)2)34-25(33-23)18-32-21-13-11-20(12-14-21)28(30)31/h4-6,8-9,11-16,32H,3,7,10,17-18H2,1-2H3,(H3,30,31)(H,33,34). The maximum absolute atomic E-state index is 13.3. The molecule has 0 fully saturated rings. The fourth-order valence-electron chi connectivity index (χ4n) is 4.09. The lowest BCUT2D eigenvalue weighted by Gasteiger charge is -2.22. The Hall–Kier alpha value is -4.86. The number of carbonyl (C=O) groups excluding carboxylic acids is 2. The third-order valence-corrected chi connectivity index (χ3v) is 6.12. The van der Waals surface area contributed by atoms with E-state index < -0.39 is 6.09 Å². The van der Waals surface area contributed by atoms with Crippen molar-refractivity contribution in [3.05, 3.63) is 83.7 Å². The SMILES string of the molecule is CCOC(=O)CCCN(C(=O)Oc1ccc2[nH]c(CNc3ccc(C(=N)N)cc3)nc2c1C)c1ccccc1. The molecule has 0 aliphatic carbocycles. The predicted octanol–water partition coefficient (Wildman–Crippen LogP) is 5.12. The lowest BCUT2D eigenvalue weighted by Crippen LogP contribution is -2.35. The number of amides is 1. The molecule has 5 N–H and O–H groups in total. The number of para-hydroxylation sites is 1. The van der Waals surface area contributed by atoms with Crippen LogP contribution in [0.25, 0.3) is 11.0 Å². The summed E-state index contributed by atoms with van der Waals surface area (Å²) in [5.41, 5.74) is 9.98. The summed E-state index contributed by atoms with van der Waals surface area (Å²) in [6, 6.07) is 20.0. The van der Waals surface area contributed by atoms with Crippen molar-refractivity contribution in [3.63, 3.8) is 0 Å². The van der Waals surface area contributed by atoms with Gasteiger partial charge in [0, 0.05) is 35.5 Å². The fourth-order valence-corrected chi connectivity index (χ4v) is 4.09. The molecule has 0 spiro atoms. The van der Waals surface area contributed by atoms with Crippen LogP contribution in [0.2, 0.25) is 0 Å². The van der Waals surface area contributed by atoms with Gasteiger partial charge in [-0.1, -0.05) is 18.2 Å². The van der Waals surface area contributed by atoms with Gasteiger partial charge in [-0.2, -0.15) is 0 Å². The molecule has 0 aliphatic rings. The van der Waals surface area contributed by atoms with E-state index >= 15 is 0 Å². The normalized spacial score (nSPS) is 10.7. The number of hydrogen-bond donors (Lipinski definition) is 4. The number of anilines is 2. The fraction of sp³-hybridized carbons (Fsp3) is 0.241. The highest BCUT2D eigenvalue weighted by molar-refractivity contribution is 5.95. The third-order valence-electron chi connectivity index (χ3n) is 6.12. The van der Waals surface area contributed by atoms with Crippen LogP contribution in [0.5, 0.6) is 5.75 Å². The zero-order chi connectivity index (χ0) is 27.8. The van der Waals surface area contributed by atoms with Crippen molar-refractivity contribution in [2.45, 2.75) is 33.2 Å². The van der Waals surface area contributed by atoms with E-state index in [9.17, 15) is 9.59 Å². The molecular weight excluding hydrogens is 496 g/mol. The number of hydrogen-bond acceptors (Lipinski definition) is 7. The minimum atomic E-state index is -0.543. The maximum Gasteiger partial charge on any atom is 0.419 e. The van der Waals surface area contributed by atoms with Crippen LogP contribution in [0.4, 0.5) is 16.2 Å². The number of rotatable bonds is 11. The molecule has 0 saturated heterocycles. The molecule has 0 radical (unpaired) electrons. The second-order valence-corrected chi connectivity index (χ2v) is 8.88. The van der Waals surface area contributed by atoms with Crippen LogP contribution in [0.1, 0.15) is 36.7 Å². The van der Waals surface area contributed by atoms with Gasteiger partial charge >= 0.3 is 12.1 Å². The predicted molar refractivity (Wildman–Crippen MR) is 151 cm³/mol. The molecule has 0 saturated carbocycles. The molecule has 4 rings (SSSR count). The average Bonchev–Trinajstić information content (AvgIpc) is 3.36. The summed E-state index contributed by atoms with van der Waals surface area (Å²) in [5, 5.41) is 10.8. The van der Waals surface area contributed by atoms with Crippen molar-refractivity contribution in [3.8, 4) is 5.75 Å². The van der Waals surface area contributed by atoms with Crippen molar-refractivity contribution in [2.75, 3.05) is 23.4 Å². The Bertz CT molecular complexity index is 1450. The van der Waals surface area contributed by atoms with Crippen LogP contribution >= 0.6 is 0 Å². The van der Waals surface area contributed by atoms with Crippen LogP contribution in [0, 0.1) is 12.3 Å². The van der Waals surface area contributed by atoms with Crippen molar-refractivity contribution < 1.29 is 19.1 Å². The van der Waals surface area contributed by atoms with Gasteiger partial charge in [0.15, 0.2) is 0 Å². The number of fused-ring (bicyclic) bond motifs is 1. The highest BCUT2D eigenvalue weighted by atomic mass is 16.6. The van der Waals surface area contributed by atoms with Crippen LogP contribution in [0.15, 0.2) is 66.7 Å². The van der Waals surface area contributed by atoms with Gasteiger partial charge in [-0.15, -0.1) is 0 Å². The number of aromatic nitrogens is 2. The third kappa shape index (κ3) is 6.92. The number of carbonyl (C=O) groups is 2. The first-order valence-corrected chi connectivity index (χ1v) is 12.7. The first-order valence-electron chi connectivity index (χ1n) is 12.7. The van der Waals surface area contributed by atoms with Crippen LogP contribution in [-0.2, 0) is 16.1 Å². The summed E-state index contributed by atoms with van der Waals surface area (Å²) in [7, 11) is 0. The van der Waals surface area contributed by atoms with Crippen LogP contribution in [0.3, 0.4) is 0 Å². The second kappa shape index (κ2) is 12.6. The Morgan fingerprint density at radius 3 is 2.51 bits per heavy atom. The molecule has 0 unspecified atom stereocenters. The number of nitrogen functional groups attached to an aromatic ring is 1. The molecule has 3 aromatic carbocycles. The first-order chi connectivity index (χ1) is 18.9. The summed E-state index contributed by atoms with van der Waals surface area (Å²) >= 11 is 0. The van der Waals surface area contributed by atoms with Crippen molar-refractivity contribution >= 4 is 40.3 Å². The molecule has 0 atom stereocenters. The molecule has 4 aromatic rings. The lowest BCUT2D eigenvalue weighted by atomic mass is 10.2. The van der Waals surface area contributed by atoms with E-state index in [1.165, 1.54) is 4.90 Å². The summed E-state index contributed by atoms with van der Waals surface area (Å²) in [4.78, 5) is 34.5. The number of imidazole rings is 1. The Balaban J connectivity index is 1.46. The summed E-state index contributed by atoms with van der Waals surface area (Å²) < 4.78 is 10.8. The Labute approximate surface area is 226 Å². The Morgan fingerprint density at radius 2 is 1.82 bits per heavy atom. The van der Waals surface area contributed by atoms with Crippen LogP contribution < -0.4 is 20.7 Å². The number of ether oxygens (including phenoxy) is 2. The monoisotopic (exact) mass is 528 g/mol. The molecule has 202 valence electrons. The number of amidine groups is 1. The zero-order valence-electron chi connectivity index (χ0n) is 22.0. The van der Waals surface area contributed by atoms with E-state index in [1.54, 1.807) is 25.1 Å². The molecule has 0 aliphatic heterocycles. The van der Waals surface area contributed by atoms with Gasteiger partial charge < -0.3 is 25.5 Å². The average molecular weight is 529 g/mol. The van der Waals surface area contributed by atoms with Gasteiger partial charge in [-0.3, -0.25) is 15.1 Å². The maximum atomic E-state index is 13.3. The van der Waals surface area contributed by atoms with Crippen LogP contribution in [-0.4, -0.2) is 41.0 Å². The van der Waals surface area contributed by atoms with E-state index in [2.05, 4.69) is 10.3 Å².